The summed E-state index contributed by atoms with van der Waals surface area (Å²) in [6, 6.07) is 3.43. The Hall–Kier alpha value is -3.01. The van der Waals surface area contributed by atoms with Gasteiger partial charge in [0, 0.05) is 31.5 Å². The predicted molar refractivity (Wildman–Crippen MR) is 84.6 cm³/mol. The second-order valence-corrected chi connectivity index (χ2v) is 4.67. The molecule has 2 amide bonds. The first-order chi connectivity index (χ1) is 11.2. The van der Waals surface area contributed by atoms with Gasteiger partial charge in [0.05, 0.1) is 12.0 Å². The molecule has 0 fully saturated rings. The largest absolute Gasteiger partial charge is 0.479 e. The third kappa shape index (κ3) is 5.36. The van der Waals surface area contributed by atoms with Crippen LogP contribution in [0.25, 0.3) is 0 Å². The zero-order chi connectivity index (χ0) is 16.5. The lowest BCUT2D eigenvalue weighted by molar-refractivity contribution is 0.251. The fourth-order valence-corrected chi connectivity index (χ4v) is 1.89. The number of nitrogens with one attached hydrogen (secondary N) is 2. The molecule has 0 aliphatic rings. The molecule has 23 heavy (non-hydrogen) atoms. The molecule has 0 bridgehead atoms. The van der Waals surface area contributed by atoms with Crippen molar-refractivity contribution in [1.82, 2.24) is 14.9 Å². The van der Waals surface area contributed by atoms with Gasteiger partial charge in [-0.1, -0.05) is 5.92 Å². The van der Waals surface area contributed by atoms with E-state index >= 15 is 0 Å². The molecular weight excluding hydrogens is 299 g/mol. The Labute approximate surface area is 133 Å². The fourth-order valence-electron chi connectivity index (χ4n) is 1.89. The number of urea groups is 1. The van der Waals surface area contributed by atoms with Crippen LogP contribution in [0.1, 0.15) is 6.42 Å². The smallest absolute Gasteiger partial charge is 0.319 e. The highest BCUT2D eigenvalue weighted by molar-refractivity contribution is 5.90. The maximum atomic E-state index is 13.2. The Bertz CT molecular complexity index is 680. The number of halogens is 1. The van der Waals surface area contributed by atoms with Gasteiger partial charge < -0.3 is 19.9 Å². The van der Waals surface area contributed by atoms with E-state index in [0.717, 1.165) is 13.0 Å². The topological polar surface area (TPSA) is 68.2 Å². The van der Waals surface area contributed by atoms with Crippen molar-refractivity contribution < 1.29 is 13.9 Å². The number of carbonyl (C=O) groups is 1. The Balaban J connectivity index is 1.81. The zero-order valence-corrected chi connectivity index (χ0v) is 12.5. The highest BCUT2D eigenvalue weighted by Gasteiger charge is 2.08. The lowest BCUT2D eigenvalue weighted by Gasteiger charge is -2.12. The first-order valence-corrected chi connectivity index (χ1v) is 7.05. The molecule has 0 atom stereocenters. The predicted octanol–water partition coefficient (Wildman–Crippen LogP) is 2.25. The number of hydrogen-bond donors (Lipinski definition) is 2. The molecule has 0 unspecified atom stereocenters. The molecular formula is C16H17FN4O2. The van der Waals surface area contributed by atoms with Crippen LogP contribution in [0.15, 0.2) is 36.9 Å². The minimum Gasteiger partial charge on any atom is -0.479 e. The summed E-state index contributed by atoms with van der Waals surface area (Å²) in [7, 11) is 0. The van der Waals surface area contributed by atoms with Crippen LogP contribution in [-0.4, -0.2) is 28.7 Å². The van der Waals surface area contributed by atoms with E-state index in [2.05, 4.69) is 21.5 Å². The van der Waals surface area contributed by atoms with E-state index in [4.69, 9.17) is 11.2 Å². The number of carbonyl (C=O) groups excluding carboxylic acids is 1. The van der Waals surface area contributed by atoms with Crippen LogP contribution < -0.4 is 15.4 Å². The number of aryl methyl sites for hydroxylation is 1. The van der Waals surface area contributed by atoms with Crippen molar-refractivity contribution in [3.8, 4) is 18.1 Å². The van der Waals surface area contributed by atoms with Crippen molar-refractivity contribution >= 4 is 11.7 Å². The van der Waals surface area contributed by atoms with Crippen LogP contribution in [0.2, 0.25) is 0 Å². The van der Waals surface area contributed by atoms with Crippen molar-refractivity contribution in [2.45, 2.75) is 13.0 Å². The average molecular weight is 316 g/mol. The number of benzene rings is 1. The van der Waals surface area contributed by atoms with Crippen LogP contribution in [0, 0.1) is 18.2 Å². The maximum Gasteiger partial charge on any atom is 0.319 e. The summed E-state index contributed by atoms with van der Waals surface area (Å²) in [6.45, 7) is 1.24. The second kappa shape index (κ2) is 8.44. The highest BCUT2D eigenvalue weighted by Crippen LogP contribution is 2.25. The number of anilines is 1. The fraction of sp³-hybridized carbons (Fsp3) is 0.250. The summed E-state index contributed by atoms with van der Waals surface area (Å²) in [5, 5.41) is 5.33. The van der Waals surface area contributed by atoms with E-state index in [1.165, 1.54) is 18.2 Å². The molecule has 1 aromatic heterocycles. The normalized spacial score (nSPS) is 9.91. The second-order valence-electron chi connectivity index (χ2n) is 4.67. The number of imidazole rings is 1. The van der Waals surface area contributed by atoms with E-state index in [1.807, 2.05) is 10.8 Å². The standard InChI is InChI=1S/C16H17FN4O2/c1-2-10-23-15-11-13(17)4-5-14(15)20-16(22)19-6-3-8-21-9-7-18-12-21/h1,4-5,7,9,11-12H,3,6,8,10H2,(H2,19,20,22). The molecule has 2 N–H and O–H groups in total. The van der Waals surface area contributed by atoms with E-state index in [0.29, 0.717) is 12.2 Å². The van der Waals surface area contributed by atoms with Gasteiger partial charge in [0.25, 0.3) is 0 Å². The van der Waals surface area contributed by atoms with Gasteiger partial charge in [-0.05, 0) is 18.6 Å². The van der Waals surface area contributed by atoms with Gasteiger partial charge in [0.1, 0.15) is 18.2 Å². The Kier molecular flexibility index (Phi) is 6.00. The zero-order valence-electron chi connectivity index (χ0n) is 12.5. The van der Waals surface area contributed by atoms with Crippen LogP contribution in [0.4, 0.5) is 14.9 Å². The van der Waals surface area contributed by atoms with E-state index in [-0.39, 0.29) is 12.4 Å². The number of hydrogen-bond acceptors (Lipinski definition) is 3. The van der Waals surface area contributed by atoms with Gasteiger partial charge in [-0.15, -0.1) is 6.42 Å². The van der Waals surface area contributed by atoms with Crippen molar-refractivity contribution in [3.63, 3.8) is 0 Å². The van der Waals surface area contributed by atoms with Gasteiger partial charge in [-0.25, -0.2) is 14.2 Å². The third-order valence-corrected chi connectivity index (χ3v) is 2.94. The quantitative estimate of drug-likeness (QED) is 0.608. The van der Waals surface area contributed by atoms with Crippen LogP contribution in [0.3, 0.4) is 0 Å². The molecule has 0 saturated heterocycles. The molecule has 6 nitrogen and oxygen atoms in total. The van der Waals surface area contributed by atoms with Crippen LogP contribution in [0.5, 0.6) is 5.75 Å². The summed E-state index contributed by atoms with van der Waals surface area (Å²) in [5.74, 6) is 2.01. The molecule has 0 saturated carbocycles. The van der Waals surface area contributed by atoms with Gasteiger partial charge in [0.15, 0.2) is 0 Å². The molecule has 7 heteroatoms. The van der Waals surface area contributed by atoms with Crippen LogP contribution >= 0.6 is 0 Å². The first-order valence-electron chi connectivity index (χ1n) is 7.05. The van der Waals surface area contributed by atoms with Gasteiger partial charge in [-0.3, -0.25) is 0 Å². The third-order valence-electron chi connectivity index (χ3n) is 2.94. The van der Waals surface area contributed by atoms with Gasteiger partial charge in [0.2, 0.25) is 0 Å². The number of nitrogens with zero attached hydrogens (tertiary/aromatic N) is 2. The summed E-state index contributed by atoms with van der Waals surface area (Å²) in [4.78, 5) is 15.8. The molecule has 1 heterocycles. The number of amides is 2. The first kappa shape index (κ1) is 16.4. The highest BCUT2D eigenvalue weighted by atomic mass is 19.1. The SMILES string of the molecule is C#CCOc1cc(F)ccc1NC(=O)NCCCn1ccnc1. The number of rotatable bonds is 7. The molecule has 0 spiro atoms. The van der Waals surface area contributed by atoms with Crippen molar-refractivity contribution in [2.24, 2.45) is 0 Å². The van der Waals surface area contributed by atoms with Gasteiger partial charge >= 0.3 is 6.03 Å². The molecule has 0 radical (unpaired) electrons. The average Bonchev–Trinajstić information content (AvgIpc) is 3.05. The Morgan fingerprint density at radius 1 is 1.48 bits per heavy atom. The van der Waals surface area contributed by atoms with Gasteiger partial charge in [-0.2, -0.15) is 0 Å². The Morgan fingerprint density at radius 3 is 3.09 bits per heavy atom. The van der Waals surface area contributed by atoms with Crippen molar-refractivity contribution in [1.29, 1.82) is 0 Å². The summed E-state index contributed by atoms with van der Waals surface area (Å²) < 4.78 is 20.4. The maximum absolute atomic E-state index is 13.2. The lowest BCUT2D eigenvalue weighted by atomic mass is 10.3. The number of ether oxygens (including phenoxy) is 1. The molecule has 0 aliphatic heterocycles. The number of aromatic nitrogens is 2. The molecule has 1 aromatic carbocycles. The lowest BCUT2D eigenvalue weighted by Crippen LogP contribution is -2.30. The summed E-state index contributed by atoms with van der Waals surface area (Å²) >= 11 is 0. The molecule has 2 aromatic rings. The van der Waals surface area contributed by atoms with Crippen molar-refractivity contribution in [2.75, 3.05) is 18.5 Å². The van der Waals surface area contributed by atoms with E-state index in [9.17, 15) is 9.18 Å². The van der Waals surface area contributed by atoms with E-state index in [1.54, 1.807) is 12.5 Å². The minimum absolute atomic E-state index is 0.00927. The van der Waals surface area contributed by atoms with Crippen LogP contribution in [-0.2, 0) is 6.54 Å². The summed E-state index contributed by atoms with van der Waals surface area (Å²) in [5.41, 5.74) is 0.355. The Morgan fingerprint density at radius 2 is 2.35 bits per heavy atom. The number of terminal acetylenes is 1. The summed E-state index contributed by atoms with van der Waals surface area (Å²) in [6.07, 6.45) is 11.1. The molecule has 0 aliphatic carbocycles. The minimum atomic E-state index is -0.469. The molecule has 120 valence electrons. The van der Waals surface area contributed by atoms with E-state index < -0.39 is 11.8 Å². The molecule has 2 rings (SSSR count). The van der Waals surface area contributed by atoms with Crippen molar-refractivity contribution in [3.05, 3.63) is 42.7 Å². The monoisotopic (exact) mass is 316 g/mol.